The number of nitro benzene ring substituents is 1. The minimum absolute atomic E-state index is 0.0323. The van der Waals surface area contributed by atoms with Gasteiger partial charge in [-0.15, -0.1) is 0 Å². The van der Waals surface area contributed by atoms with E-state index in [1.54, 1.807) is 48.5 Å². The van der Waals surface area contributed by atoms with E-state index in [0.717, 1.165) is 5.56 Å². The molecule has 3 aromatic rings. The number of hydrogen-bond acceptors (Lipinski definition) is 7. The van der Waals surface area contributed by atoms with Crippen molar-refractivity contribution in [2.24, 2.45) is 0 Å². The summed E-state index contributed by atoms with van der Waals surface area (Å²) < 4.78 is 5.37. The van der Waals surface area contributed by atoms with Gasteiger partial charge >= 0.3 is 0 Å². The zero-order valence-electron chi connectivity index (χ0n) is 20.0. The maximum atomic E-state index is 13.1. The number of nitrogens with one attached hydrogen (secondary N) is 3. The van der Waals surface area contributed by atoms with Crippen LogP contribution >= 0.6 is 12.2 Å². The van der Waals surface area contributed by atoms with Crippen LogP contribution in [0.5, 0.6) is 0 Å². The molecule has 3 N–H and O–H groups in total. The van der Waals surface area contributed by atoms with Gasteiger partial charge in [-0.05, 0) is 61.1 Å². The number of carbonyl (C=O) groups is 2. The molecule has 11 heteroatoms. The van der Waals surface area contributed by atoms with Crippen LogP contribution in [0, 0.1) is 17.0 Å². The predicted octanol–water partition coefficient (Wildman–Crippen LogP) is 4.12. The molecular formula is C26H25N5O5S. The van der Waals surface area contributed by atoms with E-state index in [2.05, 4.69) is 16.0 Å². The number of carbonyl (C=O) groups excluding carboxylic acids is 2. The molecule has 0 bridgehead atoms. The van der Waals surface area contributed by atoms with Crippen LogP contribution in [0.15, 0.2) is 66.7 Å². The van der Waals surface area contributed by atoms with Gasteiger partial charge in [0.1, 0.15) is 0 Å². The molecule has 0 saturated carbocycles. The Balaban J connectivity index is 1.44. The average Bonchev–Trinajstić information content (AvgIpc) is 2.90. The number of hydrogen-bond donors (Lipinski definition) is 3. The first-order valence-electron chi connectivity index (χ1n) is 11.5. The quantitative estimate of drug-likeness (QED) is 0.252. The van der Waals surface area contributed by atoms with E-state index in [1.165, 1.54) is 12.1 Å². The molecule has 1 aliphatic heterocycles. The Morgan fingerprint density at radius 1 is 0.973 bits per heavy atom. The van der Waals surface area contributed by atoms with E-state index < -0.39 is 10.8 Å². The van der Waals surface area contributed by atoms with E-state index in [4.69, 9.17) is 17.0 Å². The second-order valence-electron chi connectivity index (χ2n) is 8.32. The Morgan fingerprint density at radius 2 is 1.70 bits per heavy atom. The summed E-state index contributed by atoms with van der Waals surface area (Å²) in [7, 11) is 0. The molecule has 1 saturated heterocycles. The summed E-state index contributed by atoms with van der Waals surface area (Å²) >= 11 is 5.33. The highest BCUT2D eigenvalue weighted by atomic mass is 32.1. The number of benzene rings is 3. The molecule has 0 aliphatic carbocycles. The first-order chi connectivity index (χ1) is 17.8. The maximum absolute atomic E-state index is 13.1. The highest BCUT2D eigenvalue weighted by molar-refractivity contribution is 7.80. The number of anilines is 3. The van der Waals surface area contributed by atoms with Gasteiger partial charge in [0.05, 0.1) is 29.4 Å². The minimum Gasteiger partial charge on any atom is -0.378 e. The summed E-state index contributed by atoms with van der Waals surface area (Å²) in [4.78, 5) is 38.3. The van der Waals surface area contributed by atoms with E-state index >= 15 is 0 Å². The molecule has 10 nitrogen and oxygen atoms in total. The van der Waals surface area contributed by atoms with Crippen LogP contribution < -0.4 is 20.9 Å². The summed E-state index contributed by atoms with van der Waals surface area (Å²) in [5.41, 5.74) is 3.11. The summed E-state index contributed by atoms with van der Waals surface area (Å²) in [6, 6.07) is 18.3. The molecule has 1 heterocycles. The lowest BCUT2D eigenvalue weighted by Gasteiger charge is -2.30. The Labute approximate surface area is 218 Å². The second-order valence-corrected chi connectivity index (χ2v) is 8.72. The number of morpholine rings is 1. The fourth-order valence-corrected chi connectivity index (χ4v) is 4.11. The van der Waals surface area contributed by atoms with Gasteiger partial charge in [0, 0.05) is 42.2 Å². The molecule has 37 heavy (non-hydrogen) atoms. The Bertz CT molecular complexity index is 1340. The summed E-state index contributed by atoms with van der Waals surface area (Å²) in [6.45, 7) is 3.96. The molecular weight excluding hydrogens is 494 g/mol. The van der Waals surface area contributed by atoms with Crippen LogP contribution in [0.1, 0.15) is 26.3 Å². The van der Waals surface area contributed by atoms with Crippen LogP contribution in [-0.2, 0) is 4.74 Å². The Kier molecular flexibility index (Phi) is 8.06. The van der Waals surface area contributed by atoms with Crippen LogP contribution in [0.2, 0.25) is 0 Å². The van der Waals surface area contributed by atoms with E-state index in [-0.39, 0.29) is 22.3 Å². The zero-order valence-corrected chi connectivity index (χ0v) is 20.8. The average molecular weight is 520 g/mol. The molecule has 0 atom stereocenters. The molecule has 3 aromatic carbocycles. The van der Waals surface area contributed by atoms with E-state index in [0.29, 0.717) is 48.9 Å². The minimum atomic E-state index is -0.564. The smallest absolute Gasteiger partial charge is 0.270 e. The molecule has 1 aliphatic rings. The largest absolute Gasteiger partial charge is 0.378 e. The topological polar surface area (TPSA) is 126 Å². The lowest BCUT2D eigenvalue weighted by Crippen LogP contribution is -2.39. The van der Waals surface area contributed by atoms with Crippen molar-refractivity contribution < 1.29 is 19.2 Å². The predicted molar refractivity (Wildman–Crippen MR) is 145 cm³/mol. The van der Waals surface area contributed by atoms with Crippen molar-refractivity contribution >= 4 is 51.9 Å². The molecule has 4 rings (SSSR count). The number of amides is 2. The van der Waals surface area contributed by atoms with Gasteiger partial charge in [-0.3, -0.25) is 25.0 Å². The first kappa shape index (κ1) is 25.7. The number of nitrogens with zero attached hydrogens (tertiary/aromatic N) is 2. The first-order valence-corrected chi connectivity index (χ1v) is 11.9. The van der Waals surface area contributed by atoms with Crippen LogP contribution in [0.4, 0.5) is 22.7 Å². The molecule has 1 fully saturated rings. The van der Waals surface area contributed by atoms with Crippen LogP contribution in [0.3, 0.4) is 0 Å². The van der Waals surface area contributed by atoms with Gasteiger partial charge < -0.3 is 20.3 Å². The Hall–Kier alpha value is -4.35. The molecule has 190 valence electrons. The monoisotopic (exact) mass is 519 g/mol. The van der Waals surface area contributed by atoms with E-state index in [9.17, 15) is 19.7 Å². The zero-order chi connectivity index (χ0) is 26.4. The fraction of sp³-hybridized carbons (Fsp3) is 0.192. The maximum Gasteiger partial charge on any atom is 0.270 e. The standard InChI is InChI=1S/C26H25N5O5S/c1-17-15-19(7-9-22(17)28-24(32)18-5-3-2-4-6-18)27-26(37)29-25(33)21-16-20(31(34)35)8-10-23(21)30-11-13-36-14-12-30/h2-10,15-16H,11-14H2,1H3,(H,28,32)(H2,27,29,33,37). The number of thiocarbonyl (C=S) groups is 1. The molecule has 0 radical (unpaired) electrons. The van der Waals surface area contributed by atoms with Gasteiger partial charge in [-0.25, -0.2) is 0 Å². The van der Waals surface area contributed by atoms with Crippen molar-refractivity contribution in [2.75, 3.05) is 41.8 Å². The van der Waals surface area contributed by atoms with Gasteiger partial charge in [-0.1, -0.05) is 18.2 Å². The Morgan fingerprint density at radius 3 is 2.38 bits per heavy atom. The van der Waals surface area contributed by atoms with Gasteiger partial charge in [-0.2, -0.15) is 0 Å². The van der Waals surface area contributed by atoms with Crippen LogP contribution in [0.25, 0.3) is 0 Å². The molecule has 0 aromatic heterocycles. The van der Waals surface area contributed by atoms with Crippen molar-refractivity contribution in [1.82, 2.24) is 5.32 Å². The van der Waals surface area contributed by atoms with E-state index in [1.807, 2.05) is 17.9 Å². The normalized spacial score (nSPS) is 12.9. The summed E-state index contributed by atoms with van der Waals surface area (Å²) in [5, 5.41) is 19.8. The third-order valence-electron chi connectivity index (χ3n) is 5.78. The lowest BCUT2D eigenvalue weighted by molar-refractivity contribution is -0.384. The number of nitro groups is 1. The SMILES string of the molecule is Cc1cc(NC(=S)NC(=O)c2cc([N+](=O)[O-])ccc2N2CCOCC2)ccc1NC(=O)c1ccccc1. The van der Waals surface area contributed by atoms with Crippen molar-refractivity contribution in [3.63, 3.8) is 0 Å². The van der Waals surface area contributed by atoms with Gasteiger partial charge in [0.2, 0.25) is 0 Å². The number of rotatable bonds is 6. The van der Waals surface area contributed by atoms with Gasteiger partial charge in [0.15, 0.2) is 5.11 Å². The third kappa shape index (κ3) is 6.46. The number of aryl methyl sites for hydroxylation is 1. The van der Waals surface area contributed by atoms with Gasteiger partial charge in [0.25, 0.3) is 17.5 Å². The number of non-ortho nitro benzene ring substituents is 1. The summed E-state index contributed by atoms with van der Waals surface area (Å²) in [6.07, 6.45) is 0. The lowest BCUT2D eigenvalue weighted by atomic mass is 10.1. The molecule has 0 spiro atoms. The summed E-state index contributed by atoms with van der Waals surface area (Å²) in [5.74, 6) is -0.786. The van der Waals surface area contributed by atoms with Crippen molar-refractivity contribution in [3.8, 4) is 0 Å². The highest BCUT2D eigenvalue weighted by Crippen LogP contribution is 2.27. The molecule has 2 amide bonds. The number of ether oxygens (including phenoxy) is 1. The molecule has 0 unspecified atom stereocenters. The van der Waals surface area contributed by atoms with Crippen molar-refractivity contribution in [3.05, 3.63) is 93.5 Å². The fourth-order valence-electron chi connectivity index (χ4n) is 3.90. The van der Waals surface area contributed by atoms with Crippen molar-refractivity contribution in [1.29, 1.82) is 0 Å². The van der Waals surface area contributed by atoms with Crippen LogP contribution in [-0.4, -0.2) is 48.2 Å². The second kappa shape index (κ2) is 11.6. The highest BCUT2D eigenvalue weighted by Gasteiger charge is 2.22. The third-order valence-corrected chi connectivity index (χ3v) is 5.99. The van der Waals surface area contributed by atoms with Crippen molar-refractivity contribution in [2.45, 2.75) is 6.92 Å².